The van der Waals surface area contributed by atoms with Gasteiger partial charge in [0.2, 0.25) is 5.78 Å². The number of hydrogen-bond acceptors (Lipinski definition) is 3. The van der Waals surface area contributed by atoms with E-state index in [2.05, 4.69) is 25.9 Å². The van der Waals surface area contributed by atoms with Gasteiger partial charge in [-0.25, -0.2) is 4.79 Å². The lowest BCUT2D eigenvalue weighted by molar-refractivity contribution is 0.830. The summed E-state index contributed by atoms with van der Waals surface area (Å²) in [6.07, 6.45) is 0. The summed E-state index contributed by atoms with van der Waals surface area (Å²) in [5.74, 6) is 0.606. The van der Waals surface area contributed by atoms with Crippen molar-refractivity contribution >= 4 is 32.9 Å². The lowest BCUT2D eigenvalue weighted by Crippen LogP contribution is -2.28. The highest BCUT2D eigenvalue weighted by molar-refractivity contribution is 9.10. The predicted molar refractivity (Wildman–Crippen MR) is 95.1 cm³/mol. The number of aromatic amines is 1. The highest BCUT2D eigenvalue weighted by atomic mass is 79.9. The second-order valence-electron chi connectivity index (χ2n) is 5.72. The molecule has 122 valence electrons. The number of aryl methyl sites for hydroxylation is 2. The van der Waals surface area contributed by atoms with Gasteiger partial charge in [0, 0.05) is 28.6 Å². The molecule has 0 atom stereocenters. The Hall–Kier alpha value is -2.61. The molecular weight excluding hydrogens is 374 g/mol. The predicted octanol–water partition coefficient (Wildman–Crippen LogP) is 2.04. The van der Waals surface area contributed by atoms with Gasteiger partial charge < -0.3 is 0 Å². The van der Waals surface area contributed by atoms with Gasteiger partial charge in [-0.1, -0.05) is 15.9 Å². The minimum Gasteiger partial charge on any atom is -0.283 e. The Labute approximate surface area is 144 Å². The van der Waals surface area contributed by atoms with E-state index in [4.69, 9.17) is 0 Å². The third-order valence-corrected chi connectivity index (χ3v) is 4.91. The van der Waals surface area contributed by atoms with Gasteiger partial charge in [-0.3, -0.25) is 23.3 Å². The minimum atomic E-state index is -0.474. The second-order valence-corrected chi connectivity index (χ2v) is 6.64. The summed E-state index contributed by atoms with van der Waals surface area (Å²) in [4.78, 5) is 31.1. The van der Waals surface area contributed by atoms with Crippen LogP contribution in [0.5, 0.6) is 0 Å². The van der Waals surface area contributed by atoms with Crippen LogP contribution in [0.1, 0.15) is 11.4 Å². The van der Waals surface area contributed by atoms with E-state index in [0.29, 0.717) is 16.9 Å². The number of aromatic nitrogens is 5. The number of hydrogen-bond donors (Lipinski definition) is 1. The van der Waals surface area contributed by atoms with Crippen LogP contribution in [-0.2, 0) is 7.05 Å². The number of fused-ring (bicyclic) bond motifs is 3. The van der Waals surface area contributed by atoms with E-state index in [1.807, 2.05) is 42.7 Å². The Kier molecular flexibility index (Phi) is 3.08. The summed E-state index contributed by atoms with van der Waals surface area (Å²) < 4.78 is 6.11. The molecule has 0 bridgehead atoms. The molecule has 0 saturated carbocycles. The molecule has 0 saturated heterocycles. The van der Waals surface area contributed by atoms with Gasteiger partial charge in [-0.15, -0.1) is 0 Å². The average molecular weight is 388 g/mol. The molecule has 7 nitrogen and oxygen atoms in total. The summed E-state index contributed by atoms with van der Waals surface area (Å²) >= 11 is 3.43. The summed E-state index contributed by atoms with van der Waals surface area (Å²) in [5, 5.41) is 0. The maximum atomic E-state index is 12.3. The monoisotopic (exact) mass is 387 g/mol. The van der Waals surface area contributed by atoms with E-state index in [1.54, 1.807) is 11.4 Å². The molecular formula is C16H14BrN5O2. The Bertz CT molecular complexity index is 1220. The van der Waals surface area contributed by atoms with E-state index in [-0.39, 0.29) is 0 Å². The normalized spacial score (nSPS) is 11.7. The molecule has 3 aromatic heterocycles. The molecule has 0 aliphatic rings. The lowest BCUT2D eigenvalue weighted by atomic mass is 10.3. The smallest absolute Gasteiger partial charge is 0.283 e. The van der Waals surface area contributed by atoms with Crippen LogP contribution in [0.3, 0.4) is 0 Å². The quantitative estimate of drug-likeness (QED) is 0.542. The Morgan fingerprint density at radius 3 is 2.42 bits per heavy atom. The van der Waals surface area contributed by atoms with E-state index >= 15 is 0 Å². The van der Waals surface area contributed by atoms with E-state index in [9.17, 15) is 9.59 Å². The molecule has 0 amide bonds. The first-order valence-electron chi connectivity index (χ1n) is 7.35. The largest absolute Gasteiger partial charge is 0.329 e. The first-order valence-corrected chi connectivity index (χ1v) is 8.14. The summed E-state index contributed by atoms with van der Waals surface area (Å²) in [6, 6.07) is 7.84. The molecule has 0 radical (unpaired) electrons. The van der Waals surface area contributed by atoms with Crippen molar-refractivity contribution < 1.29 is 0 Å². The molecule has 8 heteroatoms. The van der Waals surface area contributed by atoms with E-state index < -0.39 is 11.2 Å². The number of H-pyrrole nitrogens is 1. The topological polar surface area (TPSA) is 77.1 Å². The molecule has 1 N–H and O–H groups in total. The van der Waals surface area contributed by atoms with Crippen LogP contribution < -0.4 is 11.2 Å². The number of benzene rings is 1. The van der Waals surface area contributed by atoms with Crippen LogP contribution in [0.4, 0.5) is 0 Å². The van der Waals surface area contributed by atoms with Crippen molar-refractivity contribution in [3.8, 4) is 5.69 Å². The Balaban J connectivity index is 2.22. The molecule has 24 heavy (non-hydrogen) atoms. The van der Waals surface area contributed by atoms with Gasteiger partial charge in [-0.05, 0) is 38.1 Å². The molecule has 4 aromatic rings. The summed E-state index contributed by atoms with van der Waals surface area (Å²) in [5.41, 5.74) is 2.66. The maximum Gasteiger partial charge on any atom is 0.329 e. The van der Waals surface area contributed by atoms with Crippen LogP contribution in [0.15, 0.2) is 38.3 Å². The number of halogens is 1. The number of nitrogens with zero attached hydrogens (tertiary/aromatic N) is 4. The highest BCUT2D eigenvalue weighted by Gasteiger charge is 2.21. The SMILES string of the molecule is Cc1c(C)n2c3c(=O)[nH]c(=O)n(C)c3nc2n1-c1ccc(Br)cc1. The Morgan fingerprint density at radius 2 is 1.75 bits per heavy atom. The minimum absolute atomic E-state index is 0.368. The first-order chi connectivity index (χ1) is 11.4. The van der Waals surface area contributed by atoms with Crippen molar-refractivity contribution in [2.45, 2.75) is 13.8 Å². The molecule has 4 rings (SSSR count). The second kappa shape index (κ2) is 4.94. The molecule has 0 spiro atoms. The molecule has 0 unspecified atom stereocenters. The number of nitrogens with one attached hydrogen (secondary N) is 1. The zero-order valence-corrected chi connectivity index (χ0v) is 14.9. The zero-order valence-electron chi connectivity index (χ0n) is 13.3. The van der Waals surface area contributed by atoms with Gasteiger partial charge in [0.1, 0.15) is 0 Å². The van der Waals surface area contributed by atoms with Crippen LogP contribution >= 0.6 is 15.9 Å². The fourth-order valence-corrected chi connectivity index (χ4v) is 3.28. The fourth-order valence-electron chi connectivity index (χ4n) is 3.01. The molecule has 1 aromatic carbocycles. The maximum absolute atomic E-state index is 12.3. The lowest BCUT2D eigenvalue weighted by Gasteiger charge is -2.06. The van der Waals surface area contributed by atoms with Crippen LogP contribution in [0.25, 0.3) is 22.6 Å². The van der Waals surface area contributed by atoms with Gasteiger partial charge in [0.25, 0.3) is 5.56 Å². The van der Waals surface area contributed by atoms with Crippen molar-refractivity contribution in [2.75, 3.05) is 0 Å². The van der Waals surface area contributed by atoms with Crippen molar-refractivity contribution in [1.82, 2.24) is 23.5 Å². The van der Waals surface area contributed by atoms with Gasteiger partial charge in [0.15, 0.2) is 11.2 Å². The summed E-state index contributed by atoms with van der Waals surface area (Å²) in [7, 11) is 1.60. The van der Waals surface area contributed by atoms with Crippen LogP contribution in [-0.4, -0.2) is 23.5 Å². The third kappa shape index (κ3) is 1.86. The number of rotatable bonds is 1. The van der Waals surface area contributed by atoms with Crippen molar-refractivity contribution in [3.05, 3.63) is 61.0 Å². The number of imidazole rings is 2. The zero-order chi connectivity index (χ0) is 17.2. The third-order valence-electron chi connectivity index (χ3n) is 4.38. The van der Waals surface area contributed by atoms with Gasteiger partial charge in [0.05, 0.1) is 0 Å². The fraction of sp³-hybridized carbons (Fsp3) is 0.188. The van der Waals surface area contributed by atoms with Gasteiger partial charge >= 0.3 is 5.69 Å². The first kappa shape index (κ1) is 14.9. The van der Waals surface area contributed by atoms with E-state index in [1.165, 1.54) is 4.57 Å². The molecule has 0 aliphatic carbocycles. The van der Waals surface area contributed by atoms with E-state index in [0.717, 1.165) is 21.5 Å². The van der Waals surface area contributed by atoms with Crippen molar-refractivity contribution in [3.63, 3.8) is 0 Å². The van der Waals surface area contributed by atoms with Crippen molar-refractivity contribution in [2.24, 2.45) is 7.05 Å². The standard InChI is InChI=1S/C16H14BrN5O2/c1-8-9(2)22-12-13(20(3)16(24)19-14(12)23)18-15(22)21(8)11-6-4-10(17)5-7-11/h4-7H,1-3H3,(H,19,23,24). The Morgan fingerprint density at radius 1 is 1.08 bits per heavy atom. The van der Waals surface area contributed by atoms with Crippen molar-refractivity contribution in [1.29, 1.82) is 0 Å². The average Bonchev–Trinajstić information content (AvgIpc) is 3.04. The molecule has 3 heterocycles. The highest BCUT2D eigenvalue weighted by Crippen LogP contribution is 2.25. The van der Waals surface area contributed by atoms with Crippen LogP contribution in [0.2, 0.25) is 0 Å². The molecule has 0 aliphatic heterocycles. The van der Waals surface area contributed by atoms with Gasteiger partial charge in [-0.2, -0.15) is 4.98 Å². The summed E-state index contributed by atoms with van der Waals surface area (Å²) in [6.45, 7) is 3.91. The van der Waals surface area contributed by atoms with Crippen LogP contribution in [0, 0.1) is 13.8 Å². The molecule has 0 fully saturated rings.